The zero-order valence-corrected chi connectivity index (χ0v) is 14.5. The summed E-state index contributed by atoms with van der Waals surface area (Å²) in [5.74, 6) is -0.0237. The van der Waals surface area contributed by atoms with Crippen LogP contribution >= 0.6 is 0 Å². The summed E-state index contributed by atoms with van der Waals surface area (Å²) < 4.78 is 0. The van der Waals surface area contributed by atoms with Gasteiger partial charge in [0.25, 0.3) is 5.91 Å². The fraction of sp³-hybridized carbons (Fsp3) is 0.300. The van der Waals surface area contributed by atoms with Gasteiger partial charge in [0.15, 0.2) is 0 Å². The maximum absolute atomic E-state index is 12.5. The molecular formula is C20H22N2O4. The van der Waals surface area contributed by atoms with Crippen LogP contribution in [0.3, 0.4) is 0 Å². The Kier molecular flexibility index (Phi) is 5.41. The molecule has 0 saturated carbocycles. The van der Waals surface area contributed by atoms with E-state index in [0.29, 0.717) is 39.0 Å². The van der Waals surface area contributed by atoms with Crippen molar-refractivity contribution in [2.24, 2.45) is 0 Å². The van der Waals surface area contributed by atoms with E-state index in [1.807, 2.05) is 12.1 Å². The van der Waals surface area contributed by atoms with E-state index in [0.717, 1.165) is 5.56 Å². The molecule has 136 valence electrons. The summed E-state index contributed by atoms with van der Waals surface area (Å²) in [4.78, 5) is 28.3. The Morgan fingerprint density at radius 1 is 0.808 bits per heavy atom. The summed E-state index contributed by atoms with van der Waals surface area (Å²) in [5, 5.41) is 19.6. The van der Waals surface area contributed by atoms with Gasteiger partial charge in [-0.25, -0.2) is 0 Å². The summed E-state index contributed by atoms with van der Waals surface area (Å²) in [6.45, 7) is 1.82. The molecule has 26 heavy (non-hydrogen) atoms. The normalized spacial score (nSPS) is 14.3. The molecule has 3 rings (SSSR count). The van der Waals surface area contributed by atoms with Gasteiger partial charge in [-0.2, -0.15) is 0 Å². The molecule has 1 fully saturated rings. The molecule has 1 heterocycles. The molecular weight excluding hydrogens is 332 g/mol. The second-order valence-electron chi connectivity index (χ2n) is 6.32. The standard InChI is InChI=1S/C20H22N2O4/c23-17-7-3-1-5-15(17)9-10-19(25)21-11-13-22(14-12-21)20(26)16-6-2-4-8-18(16)24/h1-8,23-24H,9-14H2. The lowest BCUT2D eigenvalue weighted by molar-refractivity contribution is -0.132. The predicted molar refractivity (Wildman–Crippen MR) is 97.0 cm³/mol. The van der Waals surface area contributed by atoms with E-state index in [2.05, 4.69) is 0 Å². The Morgan fingerprint density at radius 3 is 2.04 bits per heavy atom. The van der Waals surface area contributed by atoms with Crippen molar-refractivity contribution >= 4 is 11.8 Å². The van der Waals surface area contributed by atoms with E-state index >= 15 is 0 Å². The number of rotatable bonds is 4. The van der Waals surface area contributed by atoms with Crippen LogP contribution < -0.4 is 0 Å². The van der Waals surface area contributed by atoms with Crippen LogP contribution in [0.1, 0.15) is 22.3 Å². The first-order chi connectivity index (χ1) is 12.6. The summed E-state index contributed by atoms with van der Waals surface area (Å²) in [6, 6.07) is 13.5. The zero-order valence-electron chi connectivity index (χ0n) is 14.5. The van der Waals surface area contributed by atoms with Crippen LogP contribution in [0.5, 0.6) is 11.5 Å². The lowest BCUT2D eigenvalue weighted by Gasteiger charge is -2.35. The Hall–Kier alpha value is -3.02. The number of amides is 2. The van der Waals surface area contributed by atoms with Gasteiger partial charge in [-0.15, -0.1) is 0 Å². The first-order valence-corrected chi connectivity index (χ1v) is 8.68. The number of carbonyl (C=O) groups excluding carboxylic acids is 2. The van der Waals surface area contributed by atoms with Crippen LogP contribution in [0, 0.1) is 0 Å². The van der Waals surface area contributed by atoms with E-state index in [9.17, 15) is 19.8 Å². The van der Waals surface area contributed by atoms with Gasteiger partial charge in [0, 0.05) is 32.6 Å². The fourth-order valence-corrected chi connectivity index (χ4v) is 3.11. The van der Waals surface area contributed by atoms with Gasteiger partial charge < -0.3 is 20.0 Å². The highest BCUT2D eigenvalue weighted by atomic mass is 16.3. The average Bonchev–Trinajstić information content (AvgIpc) is 2.67. The first-order valence-electron chi connectivity index (χ1n) is 8.68. The largest absolute Gasteiger partial charge is 0.508 e. The number of hydrogen-bond acceptors (Lipinski definition) is 4. The Labute approximate surface area is 152 Å². The van der Waals surface area contributed by atoms with Crippen LogP contribution in [-0.4, -0.2) is 58.0 Å². The quantitative estimate of drug-likeness (QED) is 0.880. The molecule has 1 aliphatic heterocycles. The van der Waals surface area contributed by atoms with Crippen LogP contribution in [0.25, 0.3) is 0 Å². The molecule has 0 spiro atoms. The van der Waals surface area contributed by atoms with Gasteiger partial charge in [-0.3, -0.25) is 9.59 Å². The van der Waals surface area contributed by atoms with Crippen LogP contribution in [0.2, 0.25) is 0 Å². The summed E-state index contributed by atoms with van der Waals surface area (Å²) in [6.07, 6.45) is 0.813. The van der Waals surface area contributed by atoms with E-state index in [1.165, 1.54) is 6.07 Å². The molecule has 2 amide bonds. The van der Waals surface area contributed by atoms with E-state index in [-0.39, 0.29) is 28.9 Å². The Balaban J connectivity index is 1.52. The first kappa shape index (κ1) is 17.8. The van der Waals surface area contributed by atoms with Gasteiger partial charge in [0.05, 0.1) is 5.56 Å². The number of hydrogen-bond donors (Lipinski definition) is 2. The van der Waals surface area contributed by atoms with Crippen molar-refractivity contribution < 1.29 is 19.8 Å². The number of phenolic OH excluding ortho intramolecular Hbond substituents is 2. The van der Waals surface area contributed by atoms with Crippen molar-refractivity contribution in [1.82, 2.24) is 9.80 Å². The number of piperazine rings is 1. The molecule has 1 saturated heterocycles. The van der Waals surface area contributed by atoms with E-state index in [1.54, 1.807) is 40.1 Å². The zero-order chi connectivity index (χ0) is 18.5. The number of aromatic hydroxyl groups is 2. The van der Waals surface area contributed by atoms with Gasteiger partial charge in [-0.1, -0.05) is 30.3 Å². The molecule has 0 bridgehead atoms. The minimum atomic E-state index is -0.218. The smallest absolute Gasteiger partial charge is 0.257 e. The number of aryl methyl sites for hydroxylation is 1. The highest BCUT2D eigenvalue weighted by Crippen LogP contribution is 2.20. The molecule has 0 atom stereocenters. The number of carbonyl (C=O) groups is 2. The molecule has 0 aromatic heterocycles. The number of benzene rings is 2. The van der Waals surface area contributed by atoms with Crippen molar-refractivity contribution in [2.75, 3.05) is 26.2 Å². The number of para-hydroxylation sites is 2. The second kappa shape index (κ2) is 7.91. The monoisotopic (exact) mass is 354 g/mol. The maximum atomic E-state index is 12.5. The highest BCUT2D eigenvalue weighted by Gasteiger charge is 2.25. The molecule has 6 heteroatoms. The van der Waals surface area contributed by atoms with Crippen LogP contribution in [0.15, 0.2) is 48.5 Å². The molecule has 2 aromatic carbocycles. The van der Waals surface area contributed by atoms with Crippen LogP contribution in [0.4, 0.5) is 0 Å². The fourth-order valence-electron chi connectivity index (χ4n) is 3.11. The van der Waals surface area contributed by atoms with Crippen LogP contribution in [-0.2, 0) is 11.2 Å². The third kappa shape index (κ3) is 3.96. The second-order valence-corrected chi connectivity index (χ2v) is 6.32. The minimum absolute atomic E-state index is 0.0166. The summed E-state index contributed by atoms with van der Waals surface area (Å²) in [7, 11) is 0. The molecule has 2 N–H and O–H groups in total. The summed E-state index contributed by atoms with van der Waals surface area (Å²) >= 11 is 0. The molecule has 2 aromatic rings. The molecule has 0 radical (unpaired) electrons. The summed E-state index contributed by atoms with van der Waals surface area (Å²) in [5.41, 5.74) is 1.04. The van der Waals surface area contributed by atoms with Crippen molar-refractivity contribution in [3.8, 4) is 11.5 Å². The third-order valence-corrected chi connectivity index (χ3v) is 4.65. The number of phenols is 2. The van der Waals surface area contributed by atoms with E-state index < -0.39 is 0 Å². The SMILES string of the molecule is O=C(CCc1ccccc1O)N1CCN(C(=O)c2ccccc2O)CC1. The lowest BCUT2D eigenvalue weighted by Crippen LogP contribution is -2.50. The topological polar surface area (TPSA) is 81.1 Å². The molecule has 0 unspecified atom stereocenters. The average molecular weight is 354 g/mol. The number of nitrogens with zero attached hydrogens (tertiary/aromatic N) is 2. The third-order valence-electron chi connectivity index (χ3n) is 4.65. The minimum Gasteiger partial charge on any atom is -0.508 e. The molecule has 1 aliphatic rings. The van der Waals surface area contributed by atoms with Crippen molar-refractivity contribution in [1.29, 1.82) is 0 Å². The Morgan fingerprint density at radius 2 is 1.38 bits per heavy atom. The Bertz CT molecular complexity index is 798. The van der Waals surface area contributed by atoms with Gasteiger partial charge in [0.1, 0.15) is 11.5 Å². The lowest BCUT2D eigenvalue weighted by atomic mass is 10.1. The predicted octanol–water partition coefficient (Wildman–Crippen LogP) is 2.01. The highest BCUT2D eigenvalue weighted by molar-refractivity contribution is 5.97. The van der Waals surface area contributed by atoms with Gasteiger partial charge in [0.2, 0.25) is 5.91 Å². The van der Waals surface area contributed by atoms with Crippen molar-refractivity contribution in [3.05, 3.63) is 59.7 Å². The van der Waals surface area contributed by atoms with E-state index in [4.69, 9.17) is 0 Å². The van der Waals surface area contributed by atoms with Crippen molar-refractivity contribution in [3.63, 3.8) is 0 Å². The molecule has 0 aliphatic carbocycles. The van der Waals surface area contributed by atoms with Crippen molar-refractivity contribution in [2.45, 2.75) is 12.8 Å². The molecule has 6 nitrogen and oxygen atoms in total. The van der Waals surface area contributed by atoms with Gasteiger partial charge in [-0.05, 0) is 30.2 Å². The van der Waals surface area contributed by atoms with Gasteiger partial charge >= 0.3 is 0 Å². The maximum Gasteiger partial charge on any atom is 0.257 e.